The first-order valence-electron chi connectivity index (χ1n) is 7.57. The van der Waals surface area contributed by atoms with Gasteiger partial charge in [0.1, 0.15) is 5.54 Å². The summed E-state index contributed by atoms with van der Waals surface area (Å²) in [5.41, 5.74) is 0.0114. The molecule has 1 rings (SSSR count). The summed E-state index contributed by atoms with van der Waals surface area (Å²) in [6, 6.07) is 2.79. The third-order valence-electron chi connectivity index (χ3n) is 4.28. The Morgan fingerprint density at radius 3 is 2.37 bits per heavy atom. The second kappa shape index (κ2) is 6.24. The van der Waals surface area contributed by atoms with E-state index in [1.165, 1.54) is 19.5 Å². The molecule has 1 aliphatic rings. The van der Waals surface area contributed by atoms with Gasteiger partial charge in [-0.25, -0.2) is 0 Å². The number of nitrogens with zero attached hydrogens (tertiary/aromatic N) is 2. The van der Waals surface area contributed by atoms with Gasteiger partial charge in [0.05, 0.1) is 6.07 Å². The molecule has 0 aromatic heterocycles. The summed E-state index contributed by atoms with van der Waals surface area (Å²) in [6.45, 7) is 16.6. The Balaban J connectivity index is 2.44. The fourth-order valence-electron chi connectivity index (χ4n) is 2.92. The SMILES string of the molecule is CC(C)NC(C)(C#N)CCN1CCC(C(C)(C)C)C1. The first-order valence-corrected chi connectivity index (χ1v) is 7.57. The number of hydrogen-bond acceptors (Lipinski definition) is 3. The Labute approximate surface area is 119 Å². The van der Waals surface area contributed by atoms with E-state index >= 15 is 0 Å². The van der Waals surface area contributed by atoms with E-state index in [4.69, 9.17) is 0 Å². The first kappa shape index (κ1) is 16.5. The van der Waals surface area contributed by atoms with Crippen LogP contribution in [0.4, 0.5) is 0 Å². The molecule has 2 unspecified atom stereocenters. The van der Waals surface area contributed by atoms with Crippen LogP contribution < -0.4 is 5.32 Å². The van der Waals surface area contributed by atoms with Crippen LogP contribution in [0.25, 0.3) is 0 Å². The fraction of sp³-hybridized carbons (Fsp3) is 0.938. The summed E-state index contributed by atoms with van der Waals surface area (Å²) in [7, 11) is 0. The van der Waals surface area contributed by atoms with Crippen LogP contribution in [0, 0.1) is 22.7 Å². The lowest BCUT2D eigenvalue weighted by atomic mass is 9.80. The largest absolute Gasteiger partial charge is 0.303 e. The maximum Gasteiger partial charge on any atom is 0.105 e. The highest BCUT2D eigenvalue weighted by atomic mass is 15.2. The predicted molar refractivity (Wildman–Crippen MR) is 80.9 cm³/mol. The molecule has 3 nitrogen and oxygen atoms in total. The molecule has 19 heavy (non-hydrogen) atoms. The number of nitrogens with one attached hydrogen (secondary N) is 1. The zero-order chi connectivity index (χ0) is 14.7. The van der Waals surface area contributed by atoms with E-state index in [1.807, 2.05) is 6.92 Å². The summed E-state index contributed by atoms with van der Waals surface area (Å²) in [5, 5.41) is 12.7. The maximum atomic E-state index is 9.36. The van der Waals surface area contributed by atoms with Crippen molar-refractivity contribution in [3.8, 4) is 6.07 Å². The Morgan fingerprint density at radius 1 is 1.32 bits per heavy atom. The zero-order valence-corrected chi connectivity index (χ0v) is 13.6. The number of likely N-dealkylation sites (tertiary alicyclic amines) is 1. The van der Waals surface area contributed by atoms with Crippen LogP contribution in [0.1, 0.15) is 54.4 Å². The molecule has 0 bridgehead atoms. The molecule has 110 valence electrons. The van der Waals surface area contributed by atoms with Gasteiger partial charge in [-0.1, -0.05) is 20.8 Å². The summed E-state index contributed by atoms with van der Waals surface area (Å²) in [4.78, 5) is 2.52. The van der Waals surface area contributed by atoms with Gasteiger partial charge < -0.3 is 4.90 Å². The standard InChI is InChI=1S/C16H31N3/c1-13(2)18-16(6,12-17)8-10-19-9-7-14(11-19)15(3,4)5/h13-14,18H,7-11H2,1-6H3. The van der Waals surface area contributed by atoms with E-state index in [0.717, 1.165) is 18.9 Å². The van der Waals surface area contributed by atoms with Crippen molar-refractivity contribution in [2.45, 2.75) is 66.0 Å². The van der Waals surface area contributed by atoms with Gasteiger partial charge in [-0.3, -0.25) is 5.32 Å². The quantitative estimate of drug-likeness (QED) is 0.830. The van der Waals surface area contributed by atoms with Crippen molar-refractivity contribution in [2.24, 2.45) is 11.3 Å². The van der Waals surface area contributed by atoms with Crippen LogP contribution in [0.2, 0.25) is 0 Å². The van der Waals surface area contributed by atoms with Crippen LogP contribution in [0.15, 0.2) is 0 Å². The summed E-state index contributed by atoms with van der Waals surface area (Å²) in [6.07, 6.45) is 2.20. The normalized spacial score (nSPS) is 24.4. The zero-order valence-electron chi connectivity index (χ0n) is 13.6. The van der Waals surface area contributed by atoms with Crippen molar-refractivity contribution < 1.29 is 0 Å². The Bertz CT molecular complexity index is 324. The maximum absolute atomic E-state index is 9.36. The van der Waals surface area contributed by atoms with E-state index in [9.17, 15) is 5.26 Å². The second-order valence-electron chi connectivity index (χ2n) is 7.65. The first-order chi connectivity index (χ1) is 8.66. The molecule has 0 aromatic rings. The Hall–Kier alpha value is -0.590. The van der Waals surface area contributed by atoms with Crippen molar-refractivity contribution in [1.29, 1.82) is 5.26 Å². The summed E-state index contributed by atoms with van der Waals surface area (Å²) >= 11 is 0. The number of hydrogen-bond donors (Lipinski definition) is 1. The minimum atomic E-state index is -0.395. The summed E-state index contributed by atoms with van der Waals surface area (Å²) in [5.74, 6) is 0.791. The molecular weight excluding hydrogens is 234 g/mol. The van der Waals surface area contributed by atoms with Gasteiger partial charge >= 0.3 is 0 Å². The lowest BCUT2D eigenvalue weighted by molar-refractivity contribution is 0.219. The molecule has 3 heteroatoms. The number of nitriles is 1. The van der Waals surface area contributed by atoms with Gasteiger partial charge in [-0.05, 0) is 51.5 Å². The van der Waals surface area contributed by atoms with Crippen LogP contribution in [-0.2, 0) is 0 Å². The molecule has 0 radical (unpaired) electrons. The van der Waals surface area contributed by atoms with Gasteiger partial charge in [0.25, 0.3) is 0 Å². The Kier molecular flexibility index (Phi) is 5.41. The molecule has 1 aliphatic heterocycles. The van der Waals surface area contributed by atoms with E-state index in [0.29, 0.717) is 11.5 Å². The van der Waals surface area contributed by atoms with Crippen molar-refractivity contribution in [1.82, 2.24) is 10.2 Å². The minimum absolute atomic E-state index is 0.352. The average molecular weight is 265 g/mol. The van der Waals surface area contributed by atoms with Gasteiger partial charge in [-0.15, -0.1) is 0 Å². The van der Waals surface area contributed by atoms with E-state index < -0.39 is 5.54 Å². The lowest BCUT2D eigenvalue weighted by Crippen LogP contribution is -2.47. The third kappa shape index (κ3) is 5.12. The molecule has 0 aromatic carbocycles. The van der Waals surface area contributed by atoms with E-state index in [1.54, 1.807) is 0 Å². The molecule has 1 N–H and O–H groups in total. The van der Waals surface area contributed by atoms with Crippen molar-refractivity contribution >= 4 is 0 Å². The fourth-order valence-corrected chi connectivity index (χ4v) is 2.92. The molecule has 1 heterocycles. The third-order valence-corrected chi connectivity index (χ3v) is 4.28. The van der Waals surface area contributed by atoms with Crippen molar-refractivity contribution in [2.75, 3.05) is 19.6 Å². The second-order valence-corrected chi connectivity index (χ2v) is 7.65. The minimum Gasteiger partial charge on any atom is -0.303 e. The van der Waals surface area contributed by atoms with Crippen molar-refractivity contribution in [3.05, 3.63) is 0 Å². The van der Waals surface area contributed by atoms with E-state index in [-0.39, 0.29) is 0 Å². The molecule has 0 aliphatic carbocycles. The Morgan fingerprint density at radius 2 is 1.95 bits per heavy atom. The van der Waals surface area contributed by atoms with Crippen molar-refractivity contribution in [3.63, 3.8) is 0 Å². The topological polar surface area (TPSA) is 39.1 Å². The van der Waals surface area contributed by atoms with Gasteiger partial charge in [0, 0.05) is 19.1 Å². The lowest BCUT2D eigenvalue weighted by Gasteiger charge is -2.29. The van der Waals surface area contributed by atoms with Gasteiger partial charge in [0.2, 0.25) is 0 Å². The van der Waals surface area contributed by atoms with Crippen LogP contribution in [0.5, 0.6) is 0 Å². The molecule has 0 spiro atoms. The van der Waals surface area contributed by atoms with Crippen LogP contribution >= 0.6 is 0 Å². The molecule has 2 atom stereocenters. The average Bonchev–Trinajstić information content (AvgIpc) is 2.74. The smallest absolute Gasteiger partial charge is 0.105 e. The van der Waals surface area contributed by atoms with Gasteiger partial charge in [0.15, 0.2) is 0 Å². The molecule has 0 amide bonds. The molecule has 1 saturated heterocycles. The molecule has 1 fully saturated rings. The number of rotatable bonds is 5. The predicted octanol–water partition coefficient (Wildman–Crippen LogP) is 3.02. The molecular formula is C16H31N3. The monoisotopic (exact) mass is 265 g/mol. The highest BCUT2D eigenvalue weighted by Crippen LogP contribution is 2.33. The van der Waals surface area contributed by atoms with Crippen LogP contribution in [0.3, 0.4) is 0 Å². The highest BCUT2D eigenvalue weighted by Gasteiger charge is 2.33. The highest BCUT2D eigenvalue weighted by molar-refractivity contribution is 5.05. The van der Waals surface area contributed by atoms with Crippen LogP contribution in [-0.4, -0.2) is 36.1 Å². The summed E-state index contributed by atoms with van der Waals surface area (Å²) < 4.78 is 0. The molecule has 0 saturated carbocycles. The van der Waals surface area contributed by atoms with Gasteiger partial charge in [-0.2, -0.15) is 5.26 Å². The van der Waals surface area contributed by atoms with E-state index in [2.05, 4.69) is 50.9 Å².